The molecule has 2 aromatic carbocycles. The highest BCUT2D eigenvalue weighted by Gasteiger charge is 2.21. The Morgan fingerprint density at radius 2 is 1.38 bits per heavy atom. The Morgan fingerprint density at radius 1 is 0.857 bits per heavy atom. The molecular formula is C18H18O3. The molecule has 1 N–H and O–H groups in total. The number of carboxylic acid groups (broad SMARTS) is 1. The number of carbonyl (C=O) groups is 2. The number of ketones is 1. The molecule has 0 amide bonds. The number of rotatable bonds is 7. The highest BCUT2D eigenvalue weighted by atomic mass is 16.4. The second kappa shape index (κ2) is 7.39. The molecular weight excluding hydrogens is 264 g/mol. The first-order chi connectivity index (χ1) is 10.1. The molecule has 1 atom stereocenters. The van der Waals surface area contributed by atoms with Crippen LogP contribution >= 0.6 is 0 Å². The predicted octanol–water partition coefficient (Wildman–Crippen LogP) is 3.13. The first-order valence-electron chi connectivity index (χ1n) is 6.97. The van der Waals surface area contributed by atoms with Crippen LogP contribution in [0.15, 0.2) is 60.7 Å². The summed E-state index contributed by atoms with van der Waals surface area (Å²) in [5, 5.41) is 9.30. The third-order valence-corrected chi connectivity index (χ3v) is 3.39. The highest BCUT2D eigenvalue weighted by Crippen LogP contribution is 2.15. The van der Waals surface area contributed by atoms with Crippen molar-refractivity contribution < 1.29 is 14.7 Å². The van der Waals surface area contributed by atoms with Gasteiger partial charge in [-0.1, -0.05) is 60.7 Å². The Labute approximate surface area is 124 Å². The van der Waals surface area contributed by atoms with Gasteiger partial charge in [0.05, 0.1) is 5.92 Å². The molecule has 0 aliphatic rings. The molecule has 0 radical (unpaired) electrons. The first kappa shape index (κ1) is 15.0. The first-order valence-corrected chi connectivity index (χ1v) is 6.97. The fourth-order valence-corrected chi connectivity index (χ4v) is 2.32. The topological polar surface area (TPSA) is 54.4 Å². The van der Waals surface area contributed by atoms with E-state index in [9.17, 15) is 14.7 Å². The van der Waals surface area contributed by atoms with Crippen LogP contribution in [-0.4, -0.2) is 16.9 Å². The van der Waals surface area contributed by atoms with Crippen molar-refractivity contribution in [2.45, 2.75) is 19.3 Å². The quantitative estimate of drug-likeness (QED) is 0.848. The summed E-state index contributed by atoms with van der Waals surface area (Å²) in [5.41, 5.74) is 1.86. The fraction of sp³-hybridized carbons (Fsp3) is 0.222. The van der Waals surface area contributed by atoms with Gasteiger partial charge in [-0.15, -0.1) is 0 Å². The van der Waals surface area contributed by atoms with Gasteiger partial charge in [-0.3, -0.25) is 9.59 Å². The summed E-state index contributed by atoms with van der Waals surface area (Å²) in [7, 11) is 0. The Morgan fingerprint density at radius 3 is 1.90 bits per heavy atom. The zero-order valence-electron chi connectivity index (χ0n) is 11.7. The lowest BCUT2D eigenvalue weighted by atomic mass is 9.92. The number of hydrogen-bond acceptors (Lipinski definition) is 2. The maximum absolute atomic E-state index is 12.1. The monoisotopic (exact) mass is 282 g/mol. The Balaban J connectivity index is 1.96. The van der Waals surface area contributed by atoms with Crippen molar-refractivity contribution in [1.82, 2.24) is 0 Å². The van der Waals surface area contributed by atoms with Crippen molar-refractivity contribution >= 4 is 11.8 Å². The van der Waals surface area contributed by atoms with E-state index in [2.05, 4.69) is 0 Å². The number of carboxylic acids is 1. The Hall–Kier alpha value is -2.42. The van der Waals surface area contributed by atoms with E-state index < -0.39 is 11.9 Å². The van der Waals surface area contributed by atoms with Crippen LogP contribution in [0.2, 0.25) is 0 Å². The van der Waals surface area contributed by atoms with Gasteiger partial charge in [-0.05, 0) is 17.5 Å². The molecule has 108 valence electrons. The number of aliphatic carboxylic acids is 1. The van der Waals surface area contributed by atoms with Crippen LogP contribution in [0.5, 0.6) is 0 Å². The standard InChI is InChI=1S/C18H18O3/c19-17(12-15-9-5-2-6-10-15)13-16(18(20)21)11-14-7-3-1-4-8-14/h1-10,16H,11-13H2,(H,20,21). The smallest absolute Gasteiger partial charge is 0.307 e. The minimum atomic E-state index is -0.916. The summed E-state index contributed by atoms with van der Waals surface area (Å²) in [6.45, 7) is 0. The zero-order valence-corrected chi connectivity index (χ0v) is 11.7. The number of benzene rings is 2. The Kier molecular flexibility index (Phi) is 5.27. The summed E-state index contributed by atoms with van der Waals surface area (Å²) >= 11 is 0. The normalized spacial score (nSPS) is 11.8. The van der Waals surface area contributed by atoms with Gasteiger partial charge in [0.15, 0.2) is 0 Å². The van der Waals surface area contributed by atoms with Gasteiger partial charge in [-0.25, -0.2) is 0 Å². The molecule has 0 aromatic heterocycles. The Bertz CT molecular complexity index is 590. The second-order valence-corrected chi connectivity index (χ2v) is 5.13. The maximum atomic E-state index is 12.1. The highest BCUT2D eigenvalue weighted by molar-refractivity contribution is 5.85. The molecule has 0 saturated carbocycles. The van der Waals surface area contributed by atoms with Crippen LogP contribution in [0.4, 0.5) is 0 Å². The fourth-order valence-electron chi connectivity index (χ4n) is 2.32. The summed E-state index contributed by atoms with van der Waals surface area (Å²) in [6, 6.07) is 18.8. The molecule has 0 fully saturated rings. The third-order valence-electron chi connectivity index (χ3n) is 3.39. The second-order valence-electron chi connectivity index (χ2n) is 5.13. The van der Waals surface area contributed by atoms with E-state index in [1.54, 1.807) is 0 Å². The predicted molar refractivity (Wildman–Crippen MR) is 81.0 cm³/mol. The van der Waals surface area contributed by atoms with Crippen LogP contribution in [-0.2, 0) is 22.4 Å². The number of Topliss-reactive ketones (excluding diaryl/α,β-unsaturated/α-hetero) is 1. The van der Waals surface area contributed by atoms with E-state index in [1.807, 2.05) is 60.7 Å². The van der Waals surface area contributed by atoms with E-state index in [4.69, 9.17) is 0 Å². The molecule has 0 aliphatic heterocycles. The van der Waals surface area contributed by atoms with E-state index in [-0.39, 0.29) is 12.2 Å². The van der Waals surface area contributed by atoms with Crippen molar-refractivity contribution in [1.29, 1.82) is 0 Å². The van der Waals surface area contributed by atoms with Crippen molar-refractivity contribution in [3.63, 3.8) is 0 Å². The maximum Gasteiger partial charge on any atom is 0.307 e. The molecule has 21 heavy (non-hydrogen) atoms. The van der Waals surface area contributed by atoms with Crippen molar-refractivity contribution in [2.75, 3.05) is 0 Å². The van der Waals surface area contributed by atoms with Gasteiger partial charge < -0.3 is 5.11 Å². The average molecular weight is 282 g/mol. The number of carbonyl (C=O) groups excluding carboxylic acids is 1. The summed E-state index contributed by atoms with van der Waals surface area (Å²) < 4.78 is 0. The largest absolute Gasteiger partial charge is 0.481 e. The van der Waals surface area contributed by atoms with Gasteiger partial charge >= 0.3 is 5.97 Å². The van der Waals surface area contributed by atoms with Crippen LogP contribution < -0.4 is 0 Å². The van der Waals surface area contributed by atoms with Crippen LogP contribution in [0.3, 0.4) is 0 Å². The van der Waals surface area contributed by atoms with Gasteiger partial charge in [0.2, 0.25) is 0 Å². The lowest BCUT2D eigenvalue weighted by molar-refractivity contribution is -0.143. The van der Waals surface area contributed by atoms with E-state index in [0.717, 1.165) is 11.1 Å². The minimum absolute atomic E-state index is 0.0375. The summed E-state index contributed by atoms with van der Waals surface area (Å²) in [5.74, 6) is -1.62. The van der Waals surface area contributed by atoms with Gasteiger partial charge in [-0.2, -0.15) is 0 Å². The van der Waals surface area contributed by atoms with E-state index in [0.29, 0.717) is 12.8 Å². The third kappa shape index (κ3) is 4.88. The van der Waals surface area contributed by atoms with Crippen molar-refractivity contribution in [3.8, 4) is 0 Å². The summed E-state index contributed by atoms with van der Waals surface area (Å²) in [4.78, 5) is 23.4. The molecule has 0 bridgehead atoms. The molecule has 2 rings (SSSR count). The van der Waals surface area contributed by atoms with Crippen molar-refractivity contribution in [2.24, 2.45) is 5.92 Å². The van der Waals surface area contributed by atoms with Crippen LogP contribution in [0, 0.1) is 5.92 Å². The molecule has 0 spiro atoms. The average Bonchev–Trinajstić information content (AvgIpc) is 2.48. The van der Waals surface area contributed by atoms with Gasteiger partial charge in [0.25, 0.3) is 0 Å². The number of hydrogen-bond donors (Lipinski definition) is 1. The molecule has 0 aliphatic carbocycles. The van der Waals surface area contributed by atoms with E-state index >= 15 is 0 Å². The summed E-state index contributed by atoms with van der Waals surface area (Å²) in [6.07, 6.45) is 0.745. The lowest BCUT2D eigenvalue weighted by Crippen LogP contribution is -2.21. The SMILES string of the molecule is O=C(Cc1ccccc1)CC(Cc1ccccc1)C(=O)O. The molecule has 3 nitrogen and oxygen atoms in total. The molecule has 1 unspecified atom stereocenters. The van der Waals surface area contributed by atoms with Crippen molar-refractivity contribution in [3.05, 3.63) is 71.8 Å². The van der Waals surface area contributed by atoms with Crippen LogP contribution in [0.25, 0.3) is 0 Å². The van der Waals surface area contributed by atoms with Gasteiger partial charge in [0, 0.05) is 12.8 Å². The molecule has 2 aromatic rings. The van der Waals surface area contributed by atoms with E-state index in [1.165, 1.54) is 0 Å². The minimum Gasteiger partial charge on any atom is -0.481 e. The molecule has 0 heterocycles. The molecule has 3 heteroatoms. The molecule has 0 saturated heterocycles. The van der Waals surface area contributed by atoms with Gasteiger partial charge in [0.1, 0.15) is 5.78 Å². The lowest BCUT2D eigenvalue weighted by Gasteiger charge is -2.11. The zero-order chi connectivity index (χ0) is 15.1. The van der Waals surface area contributed by atoms with Crippen LogP contribution in [0.1, 0.15) is 17.5 Å².